The maximum absolute atomic E-state index is 9.49. The molecule has 0 heterocycles. The average molecular weight is 238 g/mol. The lowest BCUT2D eigenvalue weighted by atomic mass is 9.78. The fourth-order valence-corrected chi connectivity index (χ4v) is 1.31. The van der Waals surface area contributed by atoms with Gasteiger partial charge in [0, 0.05) is 0 Å². The van der Waals surface area contributed by atoms with Crippen molar-refractivity contribution in [2.24, 2.45) is 0 Å². The first-order valence-corrected chi connectivity index (χ1v) is 4.49. The van der Waals surface area contributed by atoms with Gasteiger partial charge in [-0.25, -0.2) is 0 Å². The molecule has 1 nitrogen and oxygen atoms in total. The second-order valence-corrected chi connectivity index (χ2v) is 3.36. The molecule has 1 aliphatic carbocycles. The van der Waals surface area contributed by atoms with Crippen LogP contribution in [0.3, 0.4) is 0 Å². The fraction of sp³-hybridized carbons (Fsp3) is 0.714. The van der Waals surface area contributed by atoms with Gasteiger partial charge in [-0.3, -0.25) is 0 Å². The van der Waals surface area contributed by atoms with Gasteiger partial charge in [0.1, 0.15) is 0 Å². The normalized spacial score (nSPS) is 24.2. The van der Waals surface area contributed by atoms with Crippen LogP contribution in [0.5, 0.6) is 0 Å². The minimum Gasteiger partial charge on any atom is -0.390 e. The molecule has 9 heavy (non-hydrogen) atoms. The van der Waals surface area contributed by atoms with E-state index in [4.69, 9.17) is 0 Å². The van der Waals surface area contributed by atoms with Gasteiger partial charge < -0.3 is 5.11 Å². The minimum absolute atomic E-state index is 0.318. The van der Waals surface area contributed by atoms with E-state index in [2.05, 4.69) is 22.6 Å². The Bertz CT molecular complexity index is 116. The van der Waals surface area contributed by atoms with Gasteiger partial charge in [0.15, 0.2) is 0 Å². The van der Waals surface area contributed by atoms with Crippen molar-refractivity contribution in [3.63, 3.8) is 0 Å². The van der Waals surface area contributed by atoms with E-state index in [1.807, 2.05) is 10.2 Å². The van der Waals surface area contributed by atoms with Crippen molar-refractivity contribution in [3.8, 4) is 0 Å². The first-order chi connectivity index (χ1) is 4.27. The Labute approximate surface area is 69.3 Å². The molecule has 0 bridgehead atoms. The SMILES string of the molecule is OC1(CC=CI)CCC1. The zero-order valence-corrected chi connectivity index (χ0v) is 7.47. The Morgan fingerprint density at radius 3 is 2.56 bits per heavy atom. The molecule has 0 aliphatic heterocycles. The number of hydrogen-bond acceptors (Lipinski definition) is 1. The summed E-state index contributed by atoms with van der Waals surface area (Å²) in [5.41, 5.74) is -0.318. The molecule has 1 saturated carbocycles. The van der Waals surface area contributed by atoms with Crippen molar-refractivity contribution in [2.45, 2.75) is 31.3 Å². The summed E-state index contributed by atoms with van der Waals surface area (Å²) in [7, 11) is 0. The van der Waals surface area contributed by atoms with Crippen LogP contribution in [0.15, 0.2) is 10.2 Å². The van der Waals surface area contributed by atoms with Gasteiger partial charge in [0.2, 0.25) is 0 Å². The van der Waals surface area contributed by atoms with Crippen molar-refractivity contribution in [3.05, 3.63) is 10.2 Å². The van der Waals surface area contributed by atoms with E-state index in [9.17, 15) is 5.11 Å². The molecule has 0 spiro atoms. The van der Waals surface area contributed by atoms with Gasteiger partial charge in [0.05, 0.1) is 5.60 Å². The molecule has 0 aromatic carbocycles. The molecule has 1 N–H and O–H groups in total. The molecule has 0 aromatic rings. The second kappa shape index (κ2) is 3.01. The third kappa shape index (κ3) is 1.93. The molecule has 2 heteroatoms. The molecule has 0 radical (unpaired) electrons. The summed E-state index contributed by atoms with van der Waals surface area (Å²) in [5.74, 6) is 0. The van der Waals surface area contributed by atoms with Crippen molar-refractivity contribution >= 4 is 22.6 Å². The standard InChI is InChI=1S/C7H11IO/c8-6-2-5-7(9)3-1-4-7/h2,6,9H,1,3-5H2. The van der Waals surface area contributed by atoms with Crippen LogP contribution in [-0.2, 0) is 0 Å². The number of rotatable bonds is 2. The monoisotopic (exact) mass is 238 g/mol. The van der Waals surface area contributed by atoms with E-state index < -0.39 is 0 Å². The molecular formula is C7H11IO. The quantitative estimate of drug-likeness (QED) is 0.731. The van der Waals surface area contributed by atoms with Gasteiger partial charge in [-0.15, -0.1) is 0 Å². The van der Waals surface area contributed by atoms with Crippen LogP contribution in [0, 0.1) is 0 Å². The molecule has 1 fully saturated rings. The number of halogens is 1. The van der Waals surface area contributed by atoms with Gasteiger partial charge in [0.25, 0.3) is 0 Å². The maximum atomic E-state index is 9.49. The van der Waals surface area contributed by atoms with Gasteiger partial charge in [-0.1, -0.05) is 28.7 Å². The van der Waals surface area contributed by atoms with Crippen LogP contribution in [-0.4, -0.2) is 10.7 Å². The Morgan fingerprint density at radius 1 is 1.56 bits per heavy atom. The molecule has 0 saturated heterocycles. The summed E-state index contributed by atoms with van der Waals surface area (Å²) in [6.07, 6.45) is 6.06. The van der Waals surface area contributed by atoms with E-state index in [1.165, 1.54) is 6.42 Å². The lowest BCUT2D eigenvalue weighted by Gasteiger charge is -2.35. The second-order valence-electron chi connectivity index (χ2n) is 2.64. The van der Waals surface area contributed by atoms with E-state index in [0.29, 0.717) is 0 Å². The Hall–Kier alpha value is 0.430. The summed E-state index contributed by atoms with van der Waals surface area (Å²) < 4.78 is 1.97. The van der Waals surface area contributed by atoms with Crippen LogP contribution in [0.2, 0.25) is 0 Å². The third-order valence-corrected chi connectivity index (χ3v) is 2.38. The van der Waals surface area contributed by atoms with Crippen LogP contribution < -0.4 is 0 Å². The van der Waals surface area contributed by atoms with Crippen molar-refractivity contribution in [1.82, 2.24) is 0 Å². The molecule has 1 rings (SSSR count). The number of hydrogen-bond donors (Lipinski definition) is 1. The van der Waals surface area contributed by atoms with Crippen LogP contribution in [0.25, 0.3) is 0 Å². The van der Waals surface area contributed by atoms with Crippen molar-refractivity contribution < 1.29 is 5.11 Å². The molecule has 1 aliphatic rings. The van der Waals surface area contributed by atoms with Crippen LogP contribution in [0.4, 0.5) is 0 Å². The first kappa shape index (κ1) is 7.54. The highest BCUT2D eigenvalue weighted by Crippen LogP contribution is 2.34. The third-order valence-electron chi connectivity index (χ3n) is 1.87. The minimum atomic E-state index is -0.318. The van der Waals surface area contributed by atoms with Gasteiger partial charge in [-0.2, -0.15) is 0 Å². The smallest absolute Gasteiger partial charge is 0.0682 e. The molecule has 0 aromatic heterocycles. The lowest BCUT2D eigenvalue weighted by Crippen LogP contribution is -2.35. The molecule has 52 valence electrons. The van der Waals surface area contributed by atoms with Crippen LogP contribution in [0.1, 0.15) is 25.7 Å². The zero-order valence-electron chi connectivity index (χ0n) is 5.31. The van der Waals surface area contributed by atoms with Crippen LogP contribution >= 0.6 is 22.6 Å². The van der Waals surface area contributed by atoms with Gasteiger partial charge >= 0.3 is 0 Å². The van der Waals surface area contributed by atoms with Crippen molar-refractivity contribution in [2.75, 3.05) is 0 Å². The Kier molecular flexibility index (Phi) is 2.52. The molecular weight excluding hydrogens is 227 g/mol. The summed E-state index contributed by atoms with van der Waals surface area (Å²) in [5, 5.41) is 9.49. The predicted octanol–water partition coefficient (Wildman–Crippen LogP) is 2.24. The summed E-state index contributed by atoms with van der Waals surface area (Å²) in [6, 6.07) is 0. The predicted molar refractivity (Wildman–Crippen MR) is 46.6 cm³/mol. The first-order valence-electron chi connectivity index (χ1n) is 3.24. The zero-order chi connectivity index (χ0) is 6.74. The summed E-state index contributed by atoms with van der Waals surface area (Å²) in [4.78, 5) is 0. The topological polar surface area (TPSA) is 20.2 Å². The Morgan fingerprint density at radius 2 is 2.22 bits per heavy atom. The highest BCUT2D eigenvalue weighted by atomic mass is 127. The highest BCUT2D eigenvalue weighted by molar-refractivity contribution is 14.1. The molecule has 0 unspecified atom stereocenters. The van der Waals surface area contributed by atoms with E-state index >= 15 is 0 Å². The summed E-state index contributed by atoms with van der Waals surface area (Å²) in [6.45, 7) is 0. The lowest BCUT2D eigenvalue weighted by molar-refractivity contribution is -0.0298. The highest BCUT2D eigenvalue weighted by Gasteiger charge is 2.32. The average Bonchev–Trinajstić information content (AvgIpc) is 1.79. The van der Waals surface area contributed by atoms with Crippen molar-refractivity contribution in [1.29, 1.82) is 0 Å². The largest absolute Gasteiger partial charge is 0.390 e. The fourth-order valence-electron chi connectivity index (χ4n) is 1.05. The Balaban J connectivity index is 2.24. The molecule has 0 amide bonds. The maximum Gasteiger partial charge on any atom is 0.0682 e. The van der Waals surface area contributed by atoms with Gasteiger partial charge in [-0.05, 0) is 29.8 Å². The van der Waals surface area contributed by atoms with E-state index in [-0.39, 0.29) is 5.60 Å². The van der Waals surface area contributed by atoms with E-state index in [1.54, 1.807) is 0 Å². The number of aliphatic hydroxyl groups is 1. The summed E-state index contributed by atoms with van der Waals surface area (Å²) >= 11 is 2.18. The van der Waals surface area contributed by atoms with E-state index in [0.717, 1.165) is 19.3 Å². The molecule has 0 atom stereocenters.